The van der Waals surface area contributed by atoms with Gasteiger partial charge in [-0.3, -0.25) is 19.9 Å². The average molecular weight is 469 g/mol. The molecule has 4 atom stereocenters. The molecular formula is C23H27N5O6. The summed E-state index contributed by atoms with van der Waals surface area (Å²) in [6.07, 6.45) is -2.31. The molecule has 0 radical (unpaired) electrons. The second kappa shape index (κ2) is 10.5. The van der Waals surface area contributed by atoms with Crippen molar-refractivity contribution >= 4 is 23.5 Å². The number of rotatable bonds is 7. The Morgan fingerprint density at radius 3 is 2.76 bits per heavy atom. The largest absolute Gasteiger partial charge is 0.508 e. The molecule has 0 bridgehead atoms. The van der Waals surface area contributed by atoms with E-state index in [1.165, 1.54) is 12.1 Å². The van der Waals surface area contributed by atoms with Crippen LogP contribution in [-0.2, 0) is 14.3 Å². The number of anilines is 1. The molecule has 34 heavy (non-hydrogen) atoms. The number of phenolic OH excluding ortho intramolecular Hbond substituents is 1. The van der Waals surface area contributed by atoms with Gasteiger partial charge in [0, 0.05) is 23.9 Å². The normalized spacial score (nSPS) is 22.8. The third kappa shape index (κ3) is 6.01. The standard InChI is InChI=1S/C23H27N5O6/c29-16-7-14(6-15(8-16)27-23-25-10-17(30)11-26-23)22(33)24-12-19(31)28-18-9-20(32)34-21(18)13-4-2-1-3-5-13/h1-8,17-18,21-22,24,29-30,33H,9-12H2,(H,28,31)(H2,25,26,27). The monoisotopic (exact) mass is 469 g/mol. The summed E-state index contributed by atoms with van der Waals surface area (Å²) >= 11 is 0. The molecule has 4 rings (SSSR count). The topological polar surface area (TPSA) is 165 Å². The molecule has 0 aliphatic carbocycles. The number of phenols is 1. The number of aromatic hydroxyl groups is 1. The highest BCUT2D eigenvalue weighted by atomic mass is 16.6. The number of aliphatic hydroxyl groups is 2. The molecule has 2 aromatic rings. The number of β-amino-alcohol motifs (C(OH)–C–C–N with tert-alkyl or cyclic N) is 1. The lowest BCUT2D eigenvalue weighted by Gasteiger charge is -2.21. The number of cyclic esters (lactones) is 1. The Balaban J connectivity index is 1.33. The van der Waals surface area contributed by atoms with Crippen molar-refractivity contribution in [2.75, 3.05) is 25.0 Å². The van der Waals surface area contributed by atoms with Crippen LogP contribution in [0.3, 0.4) is 0 Å². The third-order valence-electron chi connectivity index (χ3n) is 5.42. The number of aliphatic imine (C=N–C) groups is 1. The number of guanidine groups is 1. The van der Waals surface area contributed by atoms with Crippen molar-refractivity contribution in [3.05, 3.63) is 59.7 Å². The smallest absolute Gasteiger partial charge is 0.308 e. The molecule has 4 unspecified atom stereocenters. The molecule has 1 fully saturated rings. The molecule has 7 N–H and O–H groups in total. The van der Waals surface area contributed by atoms with E-state index in [1.54, 1.807) is 6.07 Å². The van der Waals surface area contributed by atoms with Gasteiger partial charge in [-0.05, 0) is 17.7 Å². The fourth-order valence-electron chi connectivity index (χ4n) is 3.81. The summed E-state index contributed by atoms with van der Waals surface area (Å²) in [5.74, 6) is -0.460. The zero-order valence-corrected chi connectivity index (χ0v) is 18.3. The number of benzene rings is 2. The van der Waals surface area contributed by atoms with Gasteiger partial charge in [0.25, 0.3) is 0 Å². The van der Waals surface area contributed by atoms with Gasteiger partial charge in [-0.1, -0.05) is 30.3 Å². The molecule has 1 amide bonds. The highest BCUT2D eigenvalue weighted by Gasteiger charge is 2.36. The van der Waals surface area contributed by atoms with E-state index in [2.05, 4.69) is 26.3 Å². The Morgan fingerprint density at radius 2 is 2.03 bits per heavy atom. The molecule has 180 valence electrons. The summed E-state index contributed by atoms with van der Waals surface area (Å²) in [4.78, 5) is 28.4. The minimum absolute atomic E-state index is 0.0599. The first kappa shape index (κ1) is 23.5. The fourth-order valence-corrected chi connectivity index (χ4v) is 3.81. The summed E-state index contributed by atoms with van der Waals surface area (Å²) in [6, 6.07) is 13.1. The van der Waals surface area contributed by atoms with Crippen LogP contribution >= 0.6 is 0 Å². The summed E-state index contributed by atoms with van der Waals surface area (Å²) in [5, 5.41) is 41.4. The predicted octanol–water partition coefficient (Wildman–Crippen LogP) is -0.122. The van der Waals surface area contributed by atoms with E-state index in [-0.39, 0.29) is 25.3 Å². The number of carbonyl (C=O) groups excluding carboxylic acids is 2. The van der Waals surface area contributed by atoms with Crippen molar-refractivity contribution in [1.82, 2.24) is 16.0 Å². The summed E-state index contributed by atoms with van der Waals surface area (Å²) in [7, 11) is 0. The van der Waals surface area contributed by atoms with Crippen LogP contribution in [0.15, 0.2) is 53.5 Å². The first-order valence-electron chi connectivity index (χ1n) is 10.9. The molecule has 0 saturated carbocycles. The van der Waals surface area contributed by atoms with E-state index in [4.69, 9.17) is 4.74 Å². The van der Waals surface area contributed by atoms with Gasteiger partial charge in [0.2, 0.25) is 5.91 Å². The molecule has 2 heterocycles. The Morgan fingerprint density at radius 1 is 1.24 bits per heavy atom. The minimum Gasteiger partial charge on any atom is -0.508 e. The molecule has 2 aliphatic heterocycles. The third-order valence-corrected chi connectivity index (χ3v) is 5.42. The first-order valence-corrected chi connectivity index (χ1v) is 10.9. The number of carbonyl (C=O) groups is 2. The summed E-state index contributed by atoms with van der Waals surface area (Å²) in [5.41, 5.74) is 1.58. The Kier molecular flexibility index (Phi) is 7.26. The number of amides is 1. The van der Waals surface area contributed by atoms with Crippen molar-refractivity contribution in [1.29, 1.82) is 0 Å². The quantitative estimate of drug-likeness (QED) is 0.216. The van der Waals surface area contributed by atoms with Crippen LogP contribution in [0, 0.1) is 0 Å². The molecule has 11 heteroatoms. The number of aliphatic hydroxyl groups excluding tert-OH is 2. The van der Waals surface area contributed by atoms with E-state index in [9.17, 15) is 24.9 Å². The van der Waals surface area contributed by atoms with Gasteiger partial charge in [-0.25, -0.2) is 0 Å². The molecule has 11 nitrogen and oxygen atoms in total. The van der Waals surface area contributed by atoms with E-state index in [1.807, 2.05) is 30.3 Å². The summed E-state index contributed by atoms with van der Waals surface area (Å²) in [6.45, 7) is 0.376. The molecule has 0 spiro atoms. The van der Waals surface area contributed by atoms with Gasteiger partial charge < -0.3 is 36.0 Å². The second-order valence-corrected chi connectivity index (χ2v) is 8.14. The van der Waals surface area contributed by atoms with Gasteiger partial charge in [-0.15, -0.1) is 0 Å². The number of hydrogen-bond donors (Lipinski definition) is 7. The van der Waals surface area contributed by atoms with Crippen LogP contribution in [0.25, 0.3) is 0 Å². The van der Waals surface area contributed by atoms with Crippen LogP contribution in [0.1, 0.15) is 29.9 Å². The lowest BCUT2D eigenvalue weighted by Crippen LogP contribution is -2.42. The SMILES string of the molecule is O=C(CNC(O)c1cc(O)cc(NC2=NCC(O)CN2)c1)NC1CC(=O)OC1c1ccccc1. The lowest BCUT2D eigenvalue weighted by atomic mass is 10.0. The average Bonchev–Trinajstić information content (AvgIpc) is 3.19. The van der Waals surface area contributed by atoms with E-state index < -0.39 is 36.4 Å². The maximum absolute atomic E-state index is 12.5. The maximum atomic E-state index is 12.5. The minimum atomic E-state index is -1.24. The van der Waals surface area contributed by atoms with Crippen molar-refractivity contribution in [2.24, 2.45) is 4.99 Å². The van der Waals surface area contributed by atoms with Crippen molar-refractivity contribution in [3.63, 3.8) is 0 Å². The zero-order valence-electron chi connectivity index (χ0n) is 18.3. The molecule has 1 saturated heterocycles. The first-order chi connectivity index (χ1) is 16.4. The molecule has 0 aromatic heterocycles. The van der Waals surface area contributed by atoms with Crippen molar-refractivity contribution in [2.45, 2.75) is 30.9 Å². The van der Waals surface area contributed by atoms with E-state index in [0.29, 0.717) is 23.8 Å². The highest BCUT2D eigenvalue weighted by molar-refractivity contribution is 5.94. The van der Waals surface area contributed by atoms with Crippen LogP contribution < -0.4 is 21.3 Å². The lowest BCUT2D eigenvalue weighted by molar-refractivity contribution is -0.141. The zero-order chi connectivity index (χ0) is 24.1. The summed E-state index contributed by atoms with van der Waals surface area (Å²) < 4.78 is 5.36. The van der Waals surface area contributed by atoms with Crippen molar-refractivity contribution in [3.8, 4) is 5.75 Å². The van der Waals surface area contributed by atoms with Crippen LogP contribution in [0.5, 0.6) is 5.75 Å². The van der Waals surface area contributed by atoms with Gasteiger partial charge in [0.15, 0.2) is 5.96 Å². The number of nitrogens with zero attached hydrogens (tertiary/aromatic N) is 1. The van der Waals surface area contributed by atoms with Crippen LogP contribution in [0.4, 0.5) is 5.69 Å². The van der Waals surface area contributed by atoms with Crippen LogP contribution in [0.2, 0.25) is 0 Å². The number of esters is 1. The van der Waals surface area contributed by atoms with Gasteiger partial charge in [-0.2, -0.15) is 0 Å². The van der Waals surface area contributed by atoms with Gasteiger partial charge in [0.1, 0.15) is 18.1 Å². The molecule has 2 aliphatic rings. The fraction of sp³-hybridized carbons (Fsp3) is 0.348. The van der Waals surface area contributed by atoms with E-state index >= 15 is 0 Å². The number of hydrogen-bond acceptors (Lipinski definition) is 10. The Bertz CT molecular complexity index is 1060. The van der Waals surface area contributed by atoms with E-state index in [0.717, 1.165) is 5.56 Å². The molecular weight excluding hydrogens is 442 g/mol. The molecule has 2 aromatic carbocycles. The highest BCUT2D eigenvalue weighted by Crippen LogP contribution is 2.30. The number of ether oxygens (including phenoxy) is 1. The van der Waals surface area contributed by atoms with Crippen LogP contribution in [-0.4, -0.2) is 64.9 Å². The Hall–Kier alpha value is -3.67. The Labute approximate surface area is 195 Å². The van der Waals surface area contributed by atoms with Crippen molar-refractivity contribution < 1.29 is 29.6 Å². The second-order valence-electron chi connectivity index (χ2n) is 8.14. The number of nitrogens with one attached hydrogen (secondary N) is 4. The van der Waals surface area contributed by atoms with Gasteiger partial charge in [0.05, 0.1) is 31.7 Å². The predicted molar refractivity (Wildman–Crippen MR) is 123 cm³/mol. The maximum Gasteiger partial charge on any atom is 0.308 e. The van der Waals surface area contributed by atoms with Gasteiger partial charge >= 0.3 is 5.97 Å².